The van der Waals surface area contributed by atoms with Crippen LogP contribution in [0, 0.1) is 5.82 Å². The Bertz CT molecular complexity index is 337. The van der Waals surface area contributed by atoms with Gasteiger partial charge in [0.2, 0.25) is 0 Å². The van der Waals surface area contributed by atoms with Gasteiger partial charge in [-0.2, -0.15) is 0 Å². The third-order valence-corrected chi connectivity index (χ3v) is 2.52. The van der Waals surface area contributed by atoms with Crippen molar-refractivity contribution in [3.05, 3.63) is 28.0 Å². The van der Waals surface area contributed by atoms with Crippen LogP contribution in [0.4, 0.5) is 10.1 Å². The number of nitrogens with one attached hydrogen (secondary N) is 1. The average molecular weight is 266 g/mol. The normalized spacial score (nSPS) is 12.6. The molecule has 0 spiro atoms. The second-order valence-electron chi connectivity index (χ2n) is 3.46. The summed E-state index contributed by atoms with van der Waals surface area (Å²) < 4.78 is 18.4. The number of hydrogen-bond donors (Lipinski definition) is 1. The van der Waals surface area contributed by atoms with Gasteiger partial charge in [-0.3, -0.25) is 0 Å². The van der Waals surface area contributed by atoms with E-state index in [1.165, 1.54) is 12.1 Å². The Morgan fingerprint density at radius 3 is 2.44 bits per heavy atom. The molecule has 0 aliphatic heterocycles. The first kappa shape index (κ1) is 13.6. The third kappa shape index (κ3) is 3.81. The molecular weight excluding hydrogens is 252 g/mol. The molecule has 1 atom stereocenters. The monoisotopic (exact) mass is 265 g/mol. The first-order valence-electron chi connectivity index (χ1n) is 5.03. The summed E-state index contributed by atoms with van der Waals surface area (Å²) >= 11 is 11.4. The Morgan fingerprint density at radius 1 is 1.38 bits per heavy atom. The van der Waals surface area contributed by atoms with E-state index in [-0.39, 0.29) is 16.1 Å². The molecule has 1 aromatic rings. The maximum atomic E-state index is 13.1. The van der Waals surface area contributed by atoms with Crippen molar-refractivity contribution in [1.82, 2.24) is 0 Å². The highest BCUT2D eigenvalue weighted by Gasteiger charge is 2.09. The van der Waals surface area contributed by atoms with Gasteiger partial charge < -0.3 is 10.1 Å². The zero-order valence-electron chi connectivity index (χ0n) is 9.19. The lowest BCUT2D eigenvalue weighted by Crippen LogP contribution is -2.21. The van der Waals surface area contributed by atoms with Crippen LogP contribution in [-0.4, -0.2) is 19.3 Å². The van der Waals surface area contributed by atoms with Gasteiger partial charge in [-0.25, -0.2) is 4.39 Å². The highest BCUT2D eigenvalue weighted by molar-refractivity contribution is 6.35. The highest BCUT2D eigenvalue weighted by Crippen LogP contribution is 2.27. The molecule has 90 valence electrons. The van der Waals surface area contributed by atoms with E-state index < -0.39 is 5.82 Å². The van der Waals surface area contributed by atoms with Crippen LogP contribution in [0.3, 0.4) is 0 Å². The van der Waals surface area contributed by atoms with Crippen molar-refractivity contribution in [2.45, 2.75) is 19.9 Å². The Balaban J connectivity index is 2.67. The van der Waals surface area contributed by atoms with E-state index in [4.69, 9.17) is 27.9 Å². The van der Waals surface area contributed by atoms with Crippen LogP contribution in [0.25, 0.3) is 0 Å². The number of hydrogen-bond acceptors (Lipinski definition) is 2. The van der Waals surface area contributed by atoms with Crippen LogP contribution in [0.1, 0.15) is 13.8 Å². The van der Waals surface area contributed by atoms with Gasteiger partial charge in [0.05, 0.1) is 16.7 Å². The van der Waals surface area contributed by atoms with E-state index >= 15 is 0 Å². The van der Waals surface area contributed by atoms with E-state index in [1.54, 1.807) is 0 Å². The lowest BCUT2D eigenvalue weighted by atomic mass is 10.2. The summed E-state index contributed by atoms with van der Waals surface area (Å²) in [5.41, 5.74) is 0.684. The van der Waals surface area contributed by atoms with Gasteiger partial charge >= 0.3 is 0 Å². The molecule has 1 rings (SSSR count). The van der Waals surface area contributed by atoms with E-state index in [9.17, 15) is 4.39 Å². The smallest absolute Gasteiger partial charge is 0.160 e. The predicted molar refractivity (Wildman–Crippen MR) is 66.0 cm³/mol. The largest absolute Gasteiger partial charge is 0.380 e. The quantitative estimate of drug-likeness (QED) is 0.814. The molecule has 0 aliphatic rings. The lowest BCUT2D eigenvalue weighted by molar-refractivity contribution is 0.141. The van der Waals surface area contributed by atoms with Gasteiger partial charge in [-0.05, 0) is 26.0 Å². The van der Waals surface area contributed by atoms with Gasteiger partial charge in [0.1, 0.15) is 0 Å². The van der Waals surface area contributed by atoms with Gasteiger partial charge in [-0.15, -0.1) is 0 Å². The molecule has 0 aliphatic carbocycles. The standard InChI is InChI=1S/C11H14Cl2FNO/c1-3-16-6-7(2)15-8-4-9(12)11(14)10(13)5-8/h4-5,7,15H,3,6H2,1-2H3. The fourth-order valence-electron chi connectivity index (χ4n) is 1.26. The molecule has 0 aromatic heterocycles. The Kier molecular flexibility index (Phi) is 5.32. The minimum absolute atomic E-state index is 0.0126. The molecule has 1 N–H and O–H groups in total. The third-order valence-electron chi connectivity index (χ3n) is 1.97. The molecule has 16 heavy (non-hydrogen) atoms. The van der Waals surface area contributed by atoms with Crippen LogP contribution in [0.5, 0.6) is 0 Å². The molecule has 0 radical (unpaired) electrons. The zero-order chi connectivity index (χ0) is 12.1. The number of ether oxygens (including phenoxy) is 1. The SMILES string of the molecule is CCOCC(C)Nc1cc(Cl)c(F)c(Cl)c1. The molecule has 1 aromatic carbocycles. The minimum atomic E-state index is -0.591. The first-order chi connectivity index (χ1) is 7.54. The number of halogens is 3. The second kappa shape index (κ2) is 6.28. The zero-order valence-corrected chi connectivity index (χ0v) is 10.7. The van der Waals surface area contributed by atoms with Crippen molar-refractivity contribution in [2.75, 3.05) is 18.5 Å². The van der Waals surface area contributed by atoms with E-state index in [2.05, 4.69) is 5.32 Å². The Hall–Kier alpha value is -0.510. The molecule has 0 heterocycles. The fourth-order valence-corrected chi connectivity index (χ4v) is 1.75. The predicted octanol–water partition coefficient (Wildman–Crippen LogP) is 3.97. The van der Waals surface area contributed by atoms with E-state index in [0.717, 1.165) is 0 Å². The van der Waals surface area contributed by atoms with Gasteiger partial charge in [0, 0.05) is 18.3 Å². The van der Waals surface area contributed by atoms with Crippen LogP contribution in [0.2, 0.25) is 10.0 Å². The molecule has 0 fully saturated rings. The van der Waals surface area contributed by atoms with Gasteiger partial charge in [0.25, 0.3) is 0 Å². The summed E-state index contributed by atoms with van der Waals surface area (Å²) in [7, 11) is 0. The molecule has 0 saturated carbocycles. The first-order valence-corrected chi connectivity index (χ1v) is 5.79. The van der Waals surface area contributed by atoms with Crippen LogP contribution in [-0.2, 0) is 4.74 Å². The van der Waals surface area contributed by atoms with E-state index in [0.29, 0.717) is 18.9 Å². The van der Waals surface area contributed by atoms with Crippen molar-refractivity contribution >= 4 is 28.9 Å². The number of rotatable bonds is 5. The van der Waals surface area contributed by atoms with Crippen molar-refractivity contribution in [3.8, 4) is 0 Å². The summed E-state index contributed by atoms with van der Waals surface area (Å²) in [5.74, 6) is -0.591. The molecule has 2 nitrogen and oxygen atoms in total. The number of benzene rings is 1. The average Bonchev–Trinajstić information content (AvgIpc) is 2.23. The van der Waals surface area contributed by atoms with Crippen LogP contribution in [0.15, 0.2) is 12.1 Å². The summed E-state index contributed by atoms with van der Waals surface area (Å²) in [4.78, 5) is 0. The fraction of sp³-hybridized carbons (Fsp3) is 0.455. The van der Waals surface area contributed by atoms with Crippen molar-refractivity contribution in [1.29, 1.82) is 0 Å². The summed E-state index contributed by atoms with van der Waals surface area (Å²) in [6.07, 6.45) is 0. The number of anilines is 1. The molecule has 0 bridgehead atoms. The van der Waals surface area contributed by atoms with Gasteiger partial charge in [0.15, 0.2) is 5.82 Å². The molecular formula is C11H14Cl2FNO. The molecule has 0 saturated heterocycles. The van der Waals surface area contributed by atoms with E-state index in [1.807, 2.05) is 13.8 Å². The summed E-state index contributed by atoms with van der Waals surface area (Å²) in [5, 5.41) is 3.15. The molecule has 5 heteroatoms. The lowest BCUT2D eigenvalue weighted by Gasteiger charge is -2.15. The van der Waals surface area contributed by atoms with Crippen LogP contribution >= 0.6 is 23.2 Å². The maximum Gasteiger partial charge on any atom is 0.160 e. The maximum absolute atomic E-state index is 13.1. The van der Waals surface area contributed by atoms with Crippen LogP contribution < -0.4 is 5.32 Å². The minimum Gasteiger partial charge on any atom is -0.380 e. The summed E-state index contributed by atoms with van der Waals surface area (Å²) in [6.45, 7) is 5.12. The molecule has 0 amide bonds. The summed E-state index contributed by atoms with van der Waals surface area (Å²) in [6, 6.07) is 3.12. The van der Waals surface area contributed by atoms with Crippen molar-refractivity contribution < 1.29 is 9.13 Å². The van der Waals surface area contributed by atoms with Crippen molar-refractivity contribution in [2.24, 2.45) is 0 Å². The van der Waals surface area contributed by atoms with Crippen molar-refractivity contribution in [3.63, 3.8) is 0 Å². The molecule has 1 unspecified atom stereocenters. The highest BCUT2D eigenvalue weighted by atomic mass is 35.5. The topological polar surface area (TPSA) is 21.3 Å². The van der Waals surface area contributed by atoms with Gasteiger partial charge in [-0.1, -0.05) is 23.2 Å². The Labute approximate surface area is 105 Å². The second-order valence-corrected chi connectivity index (χ2v) is 4.27. The Morgan fingerprint density at radius 2 is 1.94 bits per heavy atom.